The van der Waals surface area contributed by atoms with E-state index >= 15 is 0 Å². The van der Waals surface area contributed by atoms with E-state index in [1.165, 1.54) is 0 Å². The number of hydrogen-bond donors (Lipinski definition) is 4. The number of aliphatic hydroxyl groups excluding tert-OH is 2. The van der Waals surface area contributed by atoms with Gasteiger partial charge in [-0.3, -0.25) is 0 Å². The smallest absolute Gasteiger partial charge is 0.121 e. The molecule has 84 valence electrons. The van der Waals surface area contributed by atoms with Gasteiger partial charge in [0, 0.05) is 5.56 Å². The molecule has 0 bridgehead atoms. The van der Waals surface area contributed by atoms with Gasteiger partial charge in [0.1, 0.15) is 11.9 Å². The van der Waals surface area contributed by atoms with Crippen LogP contribution in [0, 0.1) is 6.92 Å². The highest BCUT2D eigenvalue weighted by Gasteiger charge is 2.20. The summed E-state index contributed by atoms with van der Waals surface area (Å²) in [5, 5.41) is 28.8. The van der Waals surface area contributed by atoms with Crippen LogP contribution in [0.4, 0.5) is 0 Å². The van der Waals surface area contributed by atoms with Gasteiger partial charge in [-0.15, -0.1) is 0 Å². The van der Waals surface area contributed by atoms with Crippen molar-refractivity contribution < 1.29 is 15.3 Å². The van der Waals surface area contributed by atoms with Crippen molar-refractivity contribution in [3.8, 4) is 5.75 Å². The van der Waals surface area contributed by atoms with Gasteiger partial charge in [0.05, 0.1) is 6.10 Å². The molecule has 15 heavy (non-hydrogen) atoms. The zero-order valence-corrected chi connectivity index (χ0v) is 8.72. The molecule has 0 radical (unpaired) electrons. The number of aromatic hydroxyl groups is 1. The Labute approximate surface area is 89.0 Å². The predicted octanol–water partition coefficient (Wildman–Crippen LogP) is 0.444. The average molecular weight is 211 g/mol. The molecule has 0 aliphatic carbocycles. The first kappa shape index (κ1) is 12.0. The summed E-state index contributed by atoms with van der Waals surface area (Å²) in [6, 6.07) is 4.93. The molecule has 0 saturated heterocycles. The van der Waals surface area contributed by atoms with Crippen LogP contribution in [0.2, 0.25) is 0 Å². The third kappa shape index (κ3) is 2.92. The number of phenols is 1. The number of nitrogens with two attached hydrogens (primary N) is 1. The minimum atomic E-state index is -1.09. The molecule has 0 amide bonds. The Hall–Kier alpha value is -1.10. The maximum atomic E-state index is 9.73. The Balaban J connectivity index is 2.86. The van der Waals surface area contributed by atoms with Crippen LogP contribution in [0.15, 0.2) is 18.2 Å². The van der Waals surface area contributed by atoms with Crippen molar-refractivity contribution in [3.63, 3.8) is 0 Å². The van der Waals surface area contributed by atoms with Crippen molar-refractivity contribution >= 4 is 0 Å². The van der Waals surface area contributed by atoms with E-state index in [2.05, 4.69) is 0 Å². The van der Waals surface area contributed by atoms with E-state index in [1.807, 2.05) is 6.92 Å². The fraction of sp³-hybridized carbons (Fsp3) is 0.455. The molecule has 1 aromatic rings. The van der Waals surface area contributed by atoms with Crippen molar-refractivity contribution in [1.29, 1.82) is 0 Å². The summed E-state index contributed by atoms with van der Waals surface area (Å²) in [5.41, 5.74) is 6.51. The second kappa shape index (κ2) is 5.11. The van der Waals surface area contributed by atoms with Crippen LogP contribution in [0.25, 0.3) is 0 Å². The van der Waals surface area contributed by atoms with Gasteiger partial charge in [0.25, 0.3) is 0 Å². The van der Waals surface area contributed by atoms with Gasteiger partial charge in [-0.05, 0) is 31.5 Å². The van der Waals surface area contributed by atoms with Crippen molar-refractivity contribution in [3.05, 3.63) is 29.3 Å². The van der Waals surface area contributed by atoms with Crippen LogP contribution in [-0.4, -0.2) is 28.0 Å². The van der Waals surface area contributed by atoms with E-state index in [0.717, 1.165) is 5.56 Å². The van der Waals surface area contributed by atoms with E-state index in [0.29, 0.717) is 18.5 Å². The minimum Gasteiger partial charge on any atom is -0.508 e. The van der Waals surface area contributed by atoms with Crippen molar-refractivity contribution in [2.24, 2.45) is 5.73 Å². The molecule has 0 spiro atoms. The van der Waals surface area contributed by atoms with Crippen LogP contribution in [0.5, 0.6) is 5.75 Å². The number of hydrogen-bond acceptors (Lipinski definition) is 4. The van der Waals surface area contributed by atoms with Gasteiger partial charge in [-0.1, -0.05) is 12.1 Å². The standard InChI is InChI=1S/C11H17NO3/c1-7-2-3-8(10(14)6-7)11(15)9(13)4-5-12/h2-3,6,9,11,13-15H,4-5,12H2,1H3. The van der Waals surface area contributed by atoms with Crippen LogP contribution in [0.3, 0.4) is 0 Å². The molecular weight excluding hydrogens is 194 g/mol. The summed E-state index contributed by atoms with van der Waals surface area (Å²) in [7, 11) is 0. The molecule has 0 saturated carbocycles. The van der Waals surface area contributed by atoms with E-state index in [9.17, 15) is 15.3 Å². The molecule has 4 heteroatoms. The third-order valence-corrected chi connectivity index (χ3v) is 2.33. The number of phenolic OH excluding ortho intramolecular Hbond substituents is 1. The molecule has 0 fully saturated rings. The highest BCUT2D eigenvalue weighted by Crippen LogP contribution is 2.28. The summed E-state index contributed by atoms with van der Waals surface area (Å²) in [6.07, 6.45) is -1.73. The molecule has 0 aliphatic heterocycles. The highest BCUT2D eigenvalue weighted by atomic mass is 16.3. The highest BCUT2D eigenvalue weighted by molar-refractivity contribution is 5.37. The zero-order valence-electron chi connectivity index (χ0n) is 8.72. The van der Waals surface area contributed by atoms with Crippen LogP contribution < -0.4 is 5.73 Å². The van der Waals surface area contributed by atoms with Crippen LogP contribution in [-0.2, 0) is 0 Å². The maximum absolute atomic E-state index is 9.73. The van der Waals surface area contributed by atoms with Crippen molar-refractivity contribution in [2.75, 3.05) is 6.54 Å². The maximum Gasteiger partial charge on any atom is 0.121 e. The van der Waals surface area contributed by atoms with Gasteiger partial charge >= 0.3 is 0 Å². The zero-order chi connectivity index (χ0) is 11.4. The molecule has 2 atom stereocenters. The fourth-order valence-electron chi connectivity index (χ4n) is 1.44. The number of aryl methyl sites for hydroxylation is 1. The lowest BCUT2D eigenvalue weighted by Crippen LogP contribution is -2.21. The first-order valence-corrected chi connectivity index (χ1v) is 4.92. The second-order valence-electron chi connectivity index (χ2n) is 3.65. The van der Waals surface area contributed by atoms with Gasteiger partial charge < -0.3 is 21.1 Å². The van der Waals surface area contributed by atoms with Gasteiger partial charge in [0.2, 0.25) is 0 Å². The largest absolute Gasteiger partial charge is 0.508 e. The van der Waals surface area contributed by atoms with E-state index in [4.69, 9.17) is 5.73 Å². The van der Waals surface area contributed by atoms with E-state index in [1.54, 1.807) is 18.2 Å². The normalized spacial score (nSPS) is 14.9. The molecule has 1 aromatic carbocycles. The number of benzene rings is 1. The van der Waals surface area contributed by atoms with Crippen LogP contribution in [0.1, 0.15) is 23.7 Å². The average Bonchev–Trinajstić information content (AvgIpc) is 2.17. The number of aliphatic hydroxyl groups is 2. The summed E-state index contributed by atoms with van der Waals surface area (Å²) in [4.78, 5) is 0. The lowest BCUT2D eigenvalue weighted by atomic mass is 10.00. The fourth-order valence-corrected chi connectivity index (χ4v) is 1.44. The summed E-state index contributed by atoms with van der Waals surface area (Å²) in [6.45, 7) is 2.14. The minimum absolute atomic E-state index is 0.00132. The number of rotatable bonds is 4. The lowest BCUT2D eigenvalue weighted by Gasteiger charge is -2.18. The molecule has 1 rings (SSSR count). The van der Waals surface area contributed by atoms with E-state index < -0.39 is 12.2 Å². The van der Waals surface area contributed by atoms with E-state index in [-0.39, 0.29) is 5.75 Å². The topological polar surface area (TPSA) is 86.7 Å². The second-order valence-corrected chi connectivity index (χ2v) is 3.65. The molecule has 5 N–H and O–H groups in total. The van der Waals surface area contributed by atoms with Crippen molar-refractivity contribution in [1.82, 2.24) is 0 Å². The monoisotopic (exact) mass is 211 g/mol. The Morgan fingerprint density at radius 1 is 1.33 bits per heavy atom. The van der Waals surface area contributed by atoms with Gasteiger partial charge in [0.15, 0.2) is 0 Å². The molecule has 0 aromatic heterocycles. The SMILES string of the molecule is Cc1ccc(C(O)C(O)CCN)c(O)c1. The molecule has 0 heterocycles. The molecule has 2 unspecified atom stereocenters. The van der Waals surface area contributed by atoms with Crippen molar-refractivity contribution in [2.45, 2.75) is 25.6 Å². The lowest BCUT2D eigenvalue weighted by molar-refractivity contribution is 0.0137. The Kier molecular flexibility index (Phi) is 4.08. The first-order chi connectivity index (χ1) is 7.06. The summed E-state index contributed by atoms with van der Waals surface area (Å²) in [5.74, 6) is -0.00132. The molecular formula is C11H17NO3. The van der Waals surface area contributed by atoms with Gasteiger partial charge in [-0.2, -0.15) is 0 Å². The molecule has 4 nitrogen and oxygen atoms in total. The van der Waals surface area contributed by atoms with Gasteiger partial charge in [-0.25, -0.2) is 0 Å². The quantitative estimate of drug-likeness (QED) is 0.582. The Bertz CT molecular complexity index is 328. The third-order valence-electron chi connectivity index (χ3n) is 2.33. The Morgan fingerprint density at radius 3 is 2.53 bits per heavy atom. The summed E-state index contributed by atoms with van der Waals surface area (Å²) < 4.78 is 0. The molecule has 0 aliphatic rings. The Morgan fingerprint density at radius 2 is 2.00 bits per heavy atom. The summed E-state index contributed by atoms with van der Waals surface area (Å²) >= 11 is 0. The van der Waals surface area contributed by atoms with Crippen LogP contribution >= 0.6 is 0 Å². The first-order valence-electron chi connectivity index (χ1n) is 4.92. The predicted molar refractivity (Wildman–Crippen MR) is 57.5 cm³/mol.